The van der Waals surface area contributed by atoms with Crippen molar-refractivity contribution < 1.29 is 31.1 Å². The monoisotopic (exact) mass is 281 g/mol. The van der Waals surface area contributed by atoms with Gasteiger partial charge in [-0.15, -0.1) is 0 Å². The van der Waals surface area contributed by atoms with Crippen molar-refractivity contribution in [2.45, 2.75) is 0 Å². The van der Waals surface area contributed by atoms with Crippen LogP contribution in [0.15, 0.2) is 36.5 Å². The summed E-state index contributed by atoms with van der Waals surface area (Å²) >= 11 is 0. The van der Waals surface area contributed by atoms with Crippen molar-refractivity contribution >= 4 is 16.9 Å². The summed E-state index contributed by atoms with van der Waals surface area (Å²) in [6.45, 7) is 0. The number of rotatable bonds is 1. The molecule has 0 fully saturated rings. The highest BCUT2D eigenvalue weighted by Gasteiger charge is 2.09. The molecule has 0 amide bonds. The Morgan fingerprint density at radius 3 is 2.75 bits per heavy atom. The maximum absolute atomic E-state index is 11.3. The van der Waals surface area contributed by atoms with Gasteiger partial charge < -0.3 is 21.7 Å². The molecule has 84 valence electrons. The molecule has 16 heavy (non-hydrogen) atoms. The molecule has 0 saturated carbocycles. The number of aryl methyl sites for hydroxylation is 1. The molecule has 0 saturated heterocycles. The van der Waals surface area contributed by atoms with Crippen LogP contribution in [0.3, 0.4) is 0 Å². The highest BCUT2D eigenvalue weighted by molar-refractivity contribution is 5.93. The molecule has 1 heterocycles. The minimum atomic E-state index is -0.302. The van der Waals surface area contributed by atoms with Gasteiger partial charge in [-0.3, -0.25) is 0 Å². The summed E-state index contributed by atoms with van der Waals surface area (Å²) in [6, 6.07) is 9.45. The van der Waals surface area contributed by atoms with Gasteiger partial charge in [-0.2, -0.15) is 0 Å². The number of fused-ring (bicyclic) bond motifs is 1. The van der Waals surface area contributed by atoms with Crippen molar-refractivity contribution in [3.8, 4) is 0 Å². The molecular formula is C12H12BrNO2. The van der Waals surface area contributed by atoms with Crippen LogP contribution >= 0.6 is 0 Å². The summed E-state index contributed by atoms with van der Waals surface area (Å²) < 4.78 is 6.68. The summed E-state index contributed by atoms with van der Waals surface area (Å²) in [4.78, 5) is 11.3. The van der Waals surface area contributed by atoms with Gasteiger partial charge in [0.05, 0.1) is 12.7 Å². The fourth-order valence-corrected chi connectivity index (χ4v) is 1.61. The van der Waals surface area contributed by atoms with E-state index in [0.29, 0.717) is 5.56 Å². The highest BCUT2D eigenvalue weighted by Crippen LogP contribution is 2.12. The second-order valence-corrected chi connectivity index (χ2v) is 3.38. The molecule has 0 aliphatic carbocycles. The Kier molecular flexibility index (Phi) is 4.01. The topological polar surface area (TPSA) is 30.2 Å². The summed E-state index contributed by atoms with van der Waals surface area (Å²) in [5.74, 6) is -0.302. The van der Waals surface area contributed by atoms with Crippen molar-refractivity contribution in [2.24, 2.45) is 7.05 Å². The smallest absolute Gasteiger partial charge is 0.337 e. The number of ether oxygens (including phenoxy) is 1. The zero-order valence-corrected chi connectivity index (χ0v) is 10.7. The first-order chi connectivity index (χ1) is 7.22. The molecule has 2 rings (SSSR count). The van der Waals surface area contributed by atoms with E-state index in [1.807, 2.05) is 42.1 Å². The lowest BCUT2D eigenvalue weighted by atomic mass is 10.1. The number of halogens is 1. The van der Waals surface area contributed by atoms with Crippen molar-refractivity contribution in [3.63, 3.8) is 0 Å². The van der Waals surface area contributed by atoms with Crippen LogP contribution < -0.4 is 21.5 Å². The van der Waals surface area contributed by atoms with Gasteiger partial charge >= 0.3 is 5.97 Å². The number of methoxy groups -OCH3 is 1. The second kappa shape index (κ2) is 5.07. The summed E-state index contributed by atoms with van der Waals surface area (Å²) in [5, 5.41) is 1.03. The van der Waals surface area contributed by atoms with Crippen LogP contribution in [-0.4, -0.2) is 13.1 Å². The minimum absolute atomic E-state index is 0. The SMILES string of the molecule is COC(=O)c1ccc2c(ccc[n+]2C)c1.[Br-]. The maximum Gasteiger partial charge on any atom is 0.337 e. The molecule has 0 N–H and O–H groups in total. The number of hydrogen-bond donors (Lipinski definition) is 0. The Morgan fingerprint density at radius 2 is 2.06 bits per heavy atom. The molecule has 0 aliphatic rings. The molecule has 1 aromatic heterocycles. The molecule has 0 bridgehead atoms. The van der Waals surface area contributed by atoms with E-state index in [1.165, 1.54) is 7.11 Å². The van der Waals surface area contributed by atoms with Gasteiger partial charge in [-0.25, -0.2) is 9.36 Å². The Hall–Kier alpha value is -1.42. The molecule has 0 spiro atoms. The van der Waals surface area contributed by atoms with Gasteiger partial charge in [-0.1, -0.05) is 0 Å². The van der Waals surface area contributed by atoms with Crippen molar-refractivity contribution in [1.29, 1.82) is 0 Å². The Labute approximate surface area is 104 Å². The lowest BCUT2D eigenvalue weighted by Gasteiger charge is -2.00. The lowest BCUT2D eigenvalue weighted by molar-refractivity contribution is -0.644. The van der Waals surface area contributed by atoms with Crippen molar-refractivity contribution in [3.05, 3.63) is 42.1 Å². The predicted octanol–water partition coefficient (Wildman–Crippen LogP) is -1.55. The van der Waals surface area contributed by atoms with Crippen LogP contribution in [0.2, 0.25) is 0 Å². The summed E-state index contributed by atoms with van der Waals surface area (Å²) in [6.07, 6.45) is 1.97. The molecule has 0 unspecified atom stereocenters. The molecule has 0 aliphatic heterocycles. The fraction of sp³-hybridized carbons (Fsp3) is 0.167. The van der Waals surface area contributed by atoms with E-state index in [0.717, 1.165) is 10.9 Å². The van der Waals surface area contributed by atoms with Gasteiger partial charge in [0.25, 0.3) is 0 Å². The third-order valence-corrected chi connectivity index (χ3v) is 2.41. The molecule has 3 nitrogen and oxygen atoms in total. The molecular weight excluding hydrogens is 270 g/mol. The van der Waals surface area contributed by atoms with E-state index in [-0.39, 0.29) is 23.0 Å². The van der Waals surface area contributed by atoms with E-state index >= 15 is 0 Å². The first kappa shape index (κ1) is 12.6. The number of hydrogen-bond acceptors (Lipinski definition) is 2. The van der Waals surface area contributed by atoms with Gasteiger partial charge in [-0.05, 0) is 18.2 Å². The number of esters is 1. The number of benzene rings is 1. The maximum atomic E-state index is 11.3. The fourth-order valence-electron chi connectivity index (χ4n) is 1.61. The zero-order valence-electron chi connectivity index (χ0n) is 9.11. The number of carbonyl (C=O) groups is 1. The minimum Gasteiger partial charge on any atom is -1.00 e. The standard InChI is InChI=1S/C12H12NO2.BrH/c1-13-7-3-4-9-8-10(12(14)15-2)5-6-11(9)13;/h3-8H,1-2H3;1H/q+1;/p-1. The first-order valence-corrected chi connectivity index (χ1v) is 4.69. The zero-order chi connectivity index (χ0) is 10.8. The summed E-state index contributed by atoms with van der Waals surface area (Å²) in [7, 11) is 3.36. The average molecular weight is 282 g/mol. The van der Waals surface area contributed by atoms with Gasteiger partial charge in [0, 0.05) is 17.5 Å². The number of pyridine rings is 1. The van der Waals surface area contributed by atoms with E-state index in [9.17, 15) is 4.79 Å². The van der Waals surface area contributed by atoms with Gasteiger partial charge in [0.2, 0.25) is 5.52 Å². The molecule has 0 radical (unpaired) electrons. The third kappa shape index (κ3) is 2.22. The van der Waals surface area contributed by atoms with Crippen molar-refractivity contribution in [1.82, 2.24) is 0 Å². The van der Waals surface area contributed by atoms with Crippen LogP contribution in [0, 0.1) is 0 Å². The molecule has 0 atom stereocenters. The molecule has 4 heteroatoms. The van der Waals surface area contributed by atoms with Crippen LogP contribution in [0.4, 0.5) is 0 Å². The van der Waals surface area contributed by atoms with Gasteiger partial charge in [0.1, 0.15) is 7.05 Å². The van der Waals surface area contributed by atoms with E-state index in [4.69, 9.17) is 0 Å². The average Bonchev–Trinajstić information content (AvgIpc) is 2.28. The number of nitrogens with zero attached hydrogens (tertiary/aromatic N) is 1. The highest BCUT2D eigenvalue weighted by atomic mass is 79.9. The van der Waals surface area contributed by atoms with E-state index < -0.39 is 0 Å². The first-order valence-electron chi connectivity index (χ1n) is 4.69. The second-order valence-electron chi connectivity index (χ2n) is 3.38. The number of aromatic nitrogens is 1. The van der Waals surface area contributed by atoms with Crippen LogP contribution in [-0.2, 0) is 11.8 Å². The lowest BCUT2D eigenvalue weighted by Crippen LogP contribution is -3.00. The van der Waals surface area contributed by atoms with Gasteiger partial charge in [0.15, 0.2) is 6.20 Å². The van der Waals surface area contributed by atoms with E-state index in [1.54, 1.807) is 6.07 Å². The van der Waals surface area contributed by atoms with E-state index in [2.05, 4.69) is 4.74 Å². The Bertz CT molecular complexity index is 525. The third-order valence-electron chi connectivity index (χ3n) is 2.41. The predicted molar refractivity (Wildman–Crippen MR) is 56.5 cm³/mol. The Balaban J connectivity index is 0.00000128. The largest absolute Gasteiger partial charge is 1.00 e. The molecule has 2 aromatic rings. The normalized spacial score (nSPS) is 9.62. The summed E-state index contributed by atoms with van der Waals surface area (Å²) in [5.41, 5.74) is 1.67. The Morgan fingerprint density at radius 1 is 1.31 bits per heavy atom. The quantitative estimate of drug-likeness (QED) is 0.468. The van der Waals surface area contributed by atoms with Crippen molar-refractivity contribution in [2.75, 3.05) is 7.11 Å². The van der Waals surface area contributed by atoms with Crippen LogP contribution in [0.25, 0.3) is 10.9 Å². The number of carbonyl (C=O) groups excluding carboxylic acids is 1. The van der Waals surface area contributed by atoms with Crippen LogP contribution in [0.1, 0.15) is 10.4 Å². The van der Waals surface area contributed by atoms with Crippen LogP contribution in [0.5, 0.6) is 0 Å². The molecule has 1 aromatic carbocycles.